The van der Waals surface area contributed by atoms with E-state index in [1.807, 2.05) is 30.3 Å². The summed E-state index contributed by atoms with van der Waals surface area (Å²) in [6.07, 6.45) is 1.50. The Morgan fingerprint density at radius 2 is 1.74 bits per heavy atom. The molecular weight excluding hydrogens is 532 g/mol. The molecule has 0 saturated carbocycles. The number of amides is 6. The van der Waals surface area contributed by atoms with Gasteiger partial charge in [-0.1, -0.05) is 60.7 Å². The summed E-state index contributed by atoms with van der Waals surface area (Å²) >= 11 is 0. The highest BCUT2D eigenvalue weighted by molar-refractivity contribution is 7.85. The van der Waals surface area contributed by atoms with Gasteiger partial charge in [0.2, 0.25) is 11.8 Å². The topological polar surface area (TPSA) is 178 Å². The summed E-state index contributed by atoms with van der Waals surface area (Å²) in [4.78, 5) is 57.2. The van der Waals surface area contributed by atoms with Crippen molar-refractivity contribution in [3.63, 3.8) is 0 Å². The first-order valence-electron chi connectivity index (χ1n) is 11.8. The number of carbonyl (C=O) groups excluding carboxylic acids is 4. The van der Waals surface area contributed by atoms with Gasteiger partial charge in [0, 0.05) is 0 Å². The lowest BCUT2D eigenvalue weighted by Crippen LogP contribution is -2.70. The summed E-state index contributed by atoms with van der Waals surface area (Å²) in [5, 5.41) is 11.1. The molecule has 2 aliphatic rings. The third-order valence-electron chi connectivity index (χ3n) is 6.01. The van der Waals surface area contributed by atoms with E-state index in [1.165, 1.54) is 13.1 Å². The number of urea groups is 2. The van der Waals surface area contributed by atoms with Gasteiger partial charge in [0.25, 0.3) is 16.0 Å². The van der Waals surface area contributed by atoms with Gasteiger partial charge in [0.1, 0.15) is 12.1 Å². The molecule has 1 unspecified atom stereocenters. The molecule has 6 amide bonds. The monoisotopic (exact) mass is 558 g/mol. The second-order valence-corrected chi connectivity index (χ2v) is 10.1. The molecule has 0 radical (unpaired) electrons. The van der Waals surface area contributed by atoms with Crippen LogP contribution in [-0.2, 0) is 24.5 Å². The molecule has 0 bridgehead atoms. The van der Waals surface area contributed by atoms with Crippen molar-refractivity contribution in [3.05, 3.63) is 71.8 Å². The summed E-state index contributed by atoms with van der Waals surface area (Å²) < 4.78 is 30.6. The Labute approximate surface area is 223 Å². The molecule has 3 atom stereocenters. The highest BCUT2D eigenvalue weighted by Gasteiger charge is 2.48. The highest BCUT2D eigenvalue weighted by Crippen LogP contribution is 2.22. The largest absolute Gasteiger partial charge is 0.348 e. The second-order valence-electron chi connectivity index (χ2n) is 8.73. The molecule has 0 aliphatic carbocycles. The number of hydrogen-bond acceptors (Lipinski definition) is 8. The van der Waals surface area contributed by atoms with Crippen molar-refractivity contribution in [2.24, 2.45) is 5.10 Å². The van der Waals surface area contributed by atoms with Crippen molar-refractivity contribution in [2.75, 3.05) is 19.0 Å². The van der Waals surface area contributed by atoms with E-state index in [2.05, 4.69) is 15.7 Å². The van der Waals surface area contributed by atoms with Crippen molar-refractivity contribution < 1.29 is 37.0 Å². The molecule has 2 aromatic rings. The third-order valence-corrected chi connectivity index (χ3v) is 6.42. The predicted molar refractivity (Wildman–Crippen MR) is 136 cm³/mol. The van der Waals surface area contributed by atoms with E-state index in [0.717, 1.165) is 20.5 Å². The number of carbonyl (C=O) groups is 4. The summed E-state index contributed by atoms with van der Waals surface area (Å²) in [5.74, 6) is -2.60. The molecule has 2 saturated heterocycles. The summed E-state index contributed by atoms with van der Waals surface area (Å²) in [5.41, 5.74) is 1.17. The van der Waals surface area contributed by atoms with Gasteiger partial charge in [-0.15, -0.1) is 0 Å². The maximum Gasteiger partial charge on any atom is 0.348 e. The number of hydrogen-bond donors (Lipinski definition) is 3. The quantitative estimate of drug-likeness (QED) is 0.229. The third kappa shape index (κ3) is 6.57. The number of imide groups is 1. The summed E-state index contributed by atoms with van der Waals surface area (Å²) in [6.45, 7) is 1.70. The van der Waals surface area contributed by atoms with Gasteiger partial charge in [-0.3, -0.25) is 19.0 Å². The van der Waals surface area contributed by atoms with Crippen molar-refractivity contribution in [2.45, 2.75) is 25.0 Å². The minimum absolute atomic E-state index is 0.0398. The Kier molecular flexibility index (Phi) is 8.23. The lowest BCUT2D eigenvalue weighted by atomic mass is 9.98. The average molecular weight is 559 g/mol. The maximum absolute atomic E-state index is 13.2. The SMILES string of the molecule is C[C@H]1[C@H](NC(=O)C(NC(=O)N2CCN(N=Cc3ccccc3)C2=O)c2ccccc2)C(=O)N1OCS(=O)(=O)O. The molecule has 3 N–H and O–H groups in total. The number of hydrazone groups is 1. The van der Waals surface area contributed by atoms with Crippen LogP contribution in [0.5, 0.6) is 0 Å². The van der Waals surface area contributed by atoms with Crippen LogP contribution in [0.15, 0.2) is 65.8 Å². The zero-order valence-corrected chi connectivity index (χ0v) is 21.5. The van der Waals surface area contributed by atoms with Gasteiger partial charge in [0.15, 0.2) is 0 Å². The van der Waals surface area contributed by atoms with Crippen molar-refractivity contribution in [1.29, 1.82) is 0 Å². The van der Waals surface area contributed by atoms with E-state index >= 15 is 0 Å². The molecular formula is C24H26N6O8S. The molecule has 0 spiro atoms. The Bertz CT molecular complexity index is 1370. The smallest absolute Gasteiger partial charge is 0.340 e. The molecule has 2 heterocycles. The van der Waals surface area contributed by atoms with Gasteiger partial charge < -0.3 is 10.6 Å². The van der Waals surface area contributed by atoms with Gasteiger partial charge in [0.05, 0.1) is 25.3 Å². The fraction of sp³-hybridized carbons (Fsp3) is 0.292. The Balaban J connectivity index is 1.41. The van der Waals surface area contributed by atoms with Crippen molar-refractivity contribution >= 4 is 40.2 Å². The number of rotatable bonds is 9. The van der Waals surface area contributed by atoms with Crippen LogP contribution in [0.1, 0.15) is 24.1 Å². The number of nitrogens with one attached hydrogen (secondary N) is 2. The minimum Gasteiger partial charge on any atom is -0.340 e. The molecule has 2 aliphatic heterocycles. The first-order valence-corrected chi connectivity index (χ1v) is 13.4. The van der Waals surface area contributed by atoms with E-state index in [-0.39, 0.29) is 13.1 Å². The van der Waals surface area contributed by atoms with Gasteiger partial charge in [-0.05, 0) is 18.1 Å². The molecule has 39 heavy (non-hydrogen) atoms. The number of benzene rings is 2. The van der Waals surface area contributed by atoms with Crippen LogP contribution in [0, 0.1) is 0 Å². The fourth-order valence-electron chi connectivity index (χ4n) is 3.96. The zero-order valence-electron chi connectivity index (χ0n) is 20.7. The molecule has 14 nitrogen and oxygen atoms in total. The normalized spacial score (nSPS) is 20.2. The van der Waals surface area contributed by atoms with E-state index in [9.17, 15) is 27.6 Å². The standard InChI is InChI=1S/C24H26N6O8S/c1-16-19(22(32)30(16)38-15-39(35,36)37)26-21(31)20(18-10-6-3-7-11-18)27-23(33)28-12-13-29(24(28)34)25-14-17-8-4-2-5-9-17/h2-11,14,16,19-20H,12-13,15H2,1H3,(H,26,31)(H,27,33)(H,35,36,37)/t16-,19-,20?/m0/s1. The van der Waals surface area contributed by atoms with E-state index in [1.54, 1.807) is 30.3 Å². The lowest BCUT2D eigenvalue weighted by molar-refractivity contribution is -0.224. The molecule has 206 valence electrons. The number of nitrogens with zero attached hydrogens (tertiary/aromatic N) is 4. The molecule has 2 fully saturated rings. The maximum atomic E-state index is 13.2. The Hall–Kier alpha value is -4.34. The lowest BCUT2D eigenvalue weighted by Gasteiger charge is -2.43. The molecule has 4 rings (SSSR count). The van der Waals surface area contributed by atoms with Crippen LogP contribution >= 0.6 is 0 Å². The van der Waals surface area contributed by atoms with E-state index in [0.29, 0.717) is 5.56 Å². The highest BCUT2D eigenvalue weighted by atomic mass is 32.2. The van der Waals surface area contributed by atoms with Crippen LogP contribution in [0.25, 0.3) is 0 Å². The first-order chi connectivity index (χ1) is 18.5. The van der Waals surface area contributed by atoms with E-state index < -0.39 is 58.1 Å². The minimum atomic E-state index is -4.48. The molecule has 15 heteroatoms. The molecule has 2 aromatic carbocycles. The van der Waals surface area contributed by atoms with Crippen LogP contribution in [-0.4, -0.2) is 89.1 Å². The van der Waals surface area contributed by atoms with Crippen molar-refractivity contribution in [3.8, 4) is 0 Å². The first kappa shape index (κ1) is 27.7. The second kappa shape index (κ2) is 11.6. The van der Waals surface area contributed by atoms with E-state index in [4.69, 9.17) is 9.39 Å². The Morgan fingerprint density at radius 1 is 1.10 bits per heavy atom. The van der Waals surface area contributed by atoms with Gasteiger partial charge in [-0.25, -0.2) is 24.6 Å². The average Bonchev–Trinajstić information content (AvgIpc) is 3.29. The van der Waals surface area contributed by atoms with Crippen LogP contribution in [0.4, 0.5) is 9.59 Å². The Morgan fingerprint density at radius 3 is 2.36 bits per heavy atom. The number of hydroxylamine groups is 2. The van der Waals surface area contributed by atoms with Gasteiger partial charge in [-0.2, -0.15) is 13.5 Å². The van der Waals surface area contributed by atoms with Crippen LogP contribution in [0.2, 0.25) is 0 Å². The van der Waals surface area contributed by atoms with Gasteiger partial charge >= 0.3 is 12.1 Å². The van der Waals surface area contributed by atoms with Crippen LogP contribution in [0.3, 0.4) is 0 Å². The fourth-order valence-corrected chi connectivity index (χ4v) is 4.21. The zero-order chi connectivity index (χ0) is 28.2. The van der Waals surface area contributed by atoms with Crippen molar-refractivity contribution in [1.82, 2.24) is 25.6 Å². The molecule has 0 aromatic heterocycles. The summed E-state index contributed by atoms with van der Waals surface area (Å²) in [6, 6.07) is 12.8. The number of β-lactam (4-membered cyclic amide) rings is 1. The predicted octanol–water partition coefficient (Wildman–Crippen LogP) is 0.701. The summed E-state index contributed by atoms with van der Waals surface area (Å²) in [7, 11) is -4.48. The van der Waals surface area contributed by atoms with Crippen LogP contribution < -0.4 is 10.6 Å².